The van der Waals surface area contributed by atoms with Gasteiger partial charge in [-0.05, 0) is 30.7 Å². The van der Waals surface area contributed by atoms with Crippen molar-refractivity contribution in [1.82, 2.24) is 5.32 Å². The third-order valence-corrected chi connectivity index (χ3v) is 2.40. The van der Waals surface area contributed by atoms with Gasteiger partial charge in [-0.25, -0.2) is 14.0 Å². The van der Waals surface area contributed by atoms with E-state index in [0.717, 1.165) is 0 Å². The Morgan fingerprint density at radius 3 is 2.68 bits per heavy atom. The molecule has 1 aromatic carbocycles. The van der Waals surface area contributed by atoms with Gasteiger partial charge in [0.1, 0.15) is 5.82 Å². The van der Waals surface area contributed by atoms with E-state index in [2.05, 4.69) is 10.6 Å². The number of benzene rings is 1. The summed E-state index contributed by atoms with van der Waals surface area (Å²) in [6.45, 7) is 1.58. The number of halogens is 1. The Morgan fingerprint density at radius 1 is 1.42 bits per heavy atom. The lowest BCUT2D eigenvalue weighted by Crippen LogP contribution is -2.33. The Bertz CT molecular complexity index is 479. The monoisotopic (exact) mass is 270 g/mol. The van der Waals surface area contributed by atoms with E-state index in [9.17, 15) is 14.0 Å². The van der Waals surface area contributed by atoms with E-state index in [0.29, 0.717) is 11.3 Å². The highest BCUT2D eigenvalue weighted by Crippen LogP contribution is 2.13. The van der Waals surface area contributed by atoms with Gasteiger partial charge in [0.25, 0.3) is 0 Å². The number of carbonyl (C=O) groups excluding carboxylic acids is 1. The van der Waals surface area contributed by atoms with E-state index in [1.807, 2.05) is 0 Å². The van der Waals surface area contributed by atoms with E-state index in [1.165, 1.54) is 18.2 Å². The first-order valence-corrected chi connectivity index (χ1v) is 5.62. The number of nitrogens with one attached hydrogen (secondary N) is 2. The number of hydrogen-bond donors (Lipinski definition) is 4. The number of aliphatic carboxylic acids is 1. The summed E-state index contributed by atoms with van der Waals surface area (Å²) in [7, 11) is 0. The van der Waals surface area contributed by atoms with Gasteiger partial charge in [-0.15, -0.1) is 0 Å². The molecule has 4 N–H and O–H groups in total. The van der Waals surface area contributed by atoms with Gasteiger partial charge < -0.3 is 20.8 Å². The molecule has 0 aliphatic carbocycles. The predicted molar refractivity (Wildman–Crippen MR) is 66.4 cm³/mol. The number of urea groups is 1. The number of carbonyl (C=O) groups is 2. The van der Waals surface area contributed by atoms with Crippen LogP contribution < -0.4 is 10.6 Å². The minimum atomic E-state index is -1.51. The van der Waals surface area contributed by atoms with Crippen LogP contribution in [0.15, 0.2) is 18.2 Å². The number of aliphatic hydroxyl groups is 1. The van der Waals surface area contributed by atoms with E-state index in [1.54, 1.807) is 6.92 Å². The lowest BCUT2D eigenvalue weighted by atomic mass is 10.2. The van der Waals surface area contributed by atoms with Gasteiger partial charge in [0.05, 0.1) is 0 Å². The Hall–Kier alpha value is -2.15. The standard InChI is InChI=1S/C12H15FN2O4/c1-7-6-8(2-3-9(7)13)15-12(19)14-5-4-10(16)11(17)18/h2-3,6,10,16H,4-5H2,1H3,(H,17,18)(H2,14,15,19). The maximum Gasteiger partial charge on any atom is 0.332 e. The fraction of sp³-hybridized carbons (Fsp3) is 0.333. The largest absolute Gasteiger partial charge is 0.479 e. The zero-order valence-electron chi connectivity index (χ0n) is 10.3. The zero-order valence-corrected chi connectivity index (χ0v) is 10.3. The molecule has 1 unspecified atom stereocenters. The summed E-state index contributed by atoms with van der Waals surface area (Å²) in [5, 5.41) is 22.3. The van der Waals surface area contributed by atoms with Gasteiger partial charge >= 0.3 is 12.0 Å². The molecule has 19 heavy (non-hydrogen) atoms. The van der Waals surface area contributed by atoms with Crippen LogP contribution in [0.1, 0.15) is 12.0 Å². The summed E-state index contributed by atoms with van der Waals surface area (Å²) >= 11 is 0. The van der Waals surface area contributed by atoms with Crippen molar-refractivity contribution in [1.29, 1.82) is 0 Å². The van der Waals surface area contributed by atoms with Gasteiger partial charge in [-0.1, -0.05) is 0 Å². The van der Waals surface area contributed by atoms with Crippen molar-refractivity contribution in [2.75, 3.05) is 11.9 Å². The van der Waals surface area contributed by atoms with Crippen LogP contribution in [0.3, 0.4) is 0 Å². The molecule has 104 valence electrons. The number of aryl methyl sites for hydroxylation is 1. The number of carboxylic acids is 1. The SMILES string of the molecule is Cc1cc(NC(=O)NCCC(O)C(=O)O)ccc1F. The normalized spacial score (nSPS) is 11.7. The molecule has 0 spiro atoms. The topological polar surface area (TPSA) is 98.7 Å². The van der Waals surface area contributed by atoms with Crippen LogP contribution in [0.25, 0.3) is 0 Å². The molecule has 0 aliphatic rings. The number of rotatable bonds is 5. The van der Waals surface area contributed by atoms with Crippen LogP contribution in [-0.4, -0.2) is 34.9 Å². The van der Waals surface area contributed by atoms with Crippen LogP contribution in [0.4, 0.5) is 14.9 Å². The van der Waals surface area contributed by atoms with Crippen LogP contribution >= 0.6 is 0 Å². The van der Waals surface area contributed by atoms with Crippen LogP contribution in [0.2, 0.25) is 0 Å². The first kappa shape index (κ1) is 14.9. The Labute approximate surface area is 109 Å². The first-order valence-electron chi connectivity index (χ1n) is 5.62. The molecule has 2 amide bonds. The number of amides is 2. The Balaban J connectivity index is 2.39. The highest BCUT2D eigenvalue weighted by atomic mass is 19.1. The maximum absolute atomic E-state index is 13.0. The second kappa shape index (κ2) is 6.69. The molecule has 6 nitrogen and oxygen atoms in total. The number of hydrogen-bond acceptors (Lipinski definition) is 3. The molecular formula is C12H15FN2O4. The van der Waals surface area contributed by atoms with Gasteiger partial charge in [0, 0.05) is 18.7 Å². The summed E-state index contributed by atoms with van der Waals surface area (Å²) in [5.41, 5.74) is 0.828. The molecule has 7 heteroatoms. The van der Waals surface area contributed by atoms with Crippen molar-refractivity contribution in [3.05, 3.63) is 29.6 Å². The number of carboxylic acid groups (broad SMARTS) is 1. The van der Waals surface area contributed by atoms with Gasteiger partial charge in [-0.3, -0.25) is 0 Å². The second-order valence-electron chi connectivity index (χ2n) is 3.99. The van der Waals surface area contributed by atoms with Crippen molar-refractivity contribution in [2.45, 2.75) is 19.4 Å². The minimum absolute atomic E-state index is 0.0134. The molecule has 1 atom stereocenters. The summed E-state index contributed by atoms with van der Waals surface area (Å²) in [4.78, 5) is 21.7. The molecule has 0 bridgehead atoms. The van der Waals surface area contributed by atoms with Crippen molar-refractivity contribution >= 4 is 17.7 Å². The van der Waals surface area contributed by atoms with Crippen LogP contribution in [0.5, 0.6) is 0 Å². The third kappa shape index (κ3) is 4.92. The fourth-order valence-electron chi connectivity index (χ4n) is 1.34. The highest BCUT2D eigenvalue weighted by Gasteiger charge is 2.12. The second-order valence-corrected chi connectivity index (χ2v) is 3.99. The molecule has 0 fully saturated rings. The lowest BCUT2D eigenvalue weighted by Gasteiger charge is -2.09. The van der Waals surface area contributed by atoms with E-state index in [4.69, 9.17) is 10.2 Å². The van der Waals surface area contributed by atoms with Crippen molar-refractivity contribution in [2.24, 2.45) is 0 Å². The molecule has 0 radical (unpaired) electrons. The summed E-state index contributed by atoms with van der Waals surface area (Å²) < 4.78 is 13.0. The van der Waals surface area contributed by atoms with Crippen molar-refractivity contribution in [3.63, 3.8) is 0 Å². The molecule has 1 rings (SSSR count). The first-order chi connectivity index (χ1) is 8.90. The molecule has 0 aliphatic heterocycles. The average molecular weight is 270 g/mol. The van der Waals surface area contributed by atoms with Crippen molar-refractivity contribution in [3.8, 4) is 0 Å². The molecule has 0 saturated heterocycles. The van der Waals surface area contributed by atoms with E-state index >= 15 is 0 Å². The van der Waals surface area contributed by atoms with Gasteiger partial charge in [-0.2, -0.15) is 0 Å². The fourth-order valence-corrected chi connectivity index (χ4v) is 1.34. The summed E-state index contributed by atoms with van der Waals surface area (Å²) in [5.74, 6) is -1.70. The number of anilines is 1. The van der Waals surface area contributed by atoms with E-state index in [-0.39, 0.29) is 18.8 Å². The van der Waals surface area contributed by atoms with Crippen LogP contribution in [-0.2, 0) is 4.79 Å². The molecule has 1 aromatic rings. The van der Waals surface area contributed by atoms with E-state index < -0.39 is 18.1 Å². The third-order valence-electron chi connectivity index (χ3n) is 2.40. The Kier molecular flexibility index (Phi) is 5.25. The quantitative estimate of drug-likeness (QED) is 0.643. The molecule has 0 heterocycles. The highest BCUT2D eigenvalue weighted by molar-refractivity contribution is 5.89. The predicted octanol–water partition coefficient (Wildman–Crippen LogP) is 1.09. The minimum Gasteiger partial charge on any atom is -0.479 e. The number of aliphatic hydroxyl groups excluding tert-OH is 1. The Morgan fingerprint density at radius 2 is 2.11 bits per heavy atom. The maximum atomic E-state index is 13.0. The lowest BCUT2D eigenvalue weighted by molar-refractivity contribution is -0.146. The average Bonchev–Trinajstić information content (AvgIpc) is 2.33. The summed E-state index contributed by atoms with van der Waals surface area (Å²) in [6, 6.07) is 3.57. The molecule has 0 aromatic heterocycles. The molecule has 0 saturated carbocycles. The van der Waals surface area contributed by atoms with Crippen LogP contribution in [0, 0.1) is 12.7 Å². The smallest absolute Gasteiger partial charge is 0.332 e. The van der Waals surface area contributed by atoms with Gasteiger partial charge in [0.2, 0.25) is 0 Å². The summed E-state index contributed by atoms with van der Waals surface area (Å²) in [6.07, 6.45) is -1.60. The van der Waals surface area contributed by atoms with Gasteiger partial charge in [0.15, 0.2) is 6.10 Å². The van der Waals surface area contributed by atoms with Crippen molar-refractivity contribution < 1.29 is 24.2 Å². The zero-order chi connectivity index (χ0) is 14.4. The molecular weight excluding hydrogens is 255 g/mol.